The smallest absolute Gasteiger partial charge is 0.138 e. The molecule has 3 rings (SSSR count). The molecule has 0 amide bonds. The highest BCUT2D eigenvalue weighted by atomic mass is 79.9. The molecule has 4 heteroatoms. The second-order valence-electron chi connectivity index (χ2n) is 4.79. The number of hydrogen-bond donors (Lipinski definition) is 1. The Morgan fingerprint density at radius 3 is 2.78 bits per heavy atom. The highest BCUT2D eigenvalue weighted by molar-refractivity contribution is 9.10. The summed E-state index contributed by atoms with van der Waals surface area (Å²) in [5.74, 6) is 1.36. The molecule has 0 unspecified atom stereocenters. The van der Waals surface area contributed by atoms with Crippen molar-refractivity contribution in [2.75, 3.05) is 0 Å². The van der Waals surface area contributed by atoms with Gasteiger partial charge in [0.1, 0.15) is 11.6 Å². The van der Waals surface area contributed by atoms with Gasteiger partial charge in [-0.15, -0.1) is 0 Å². The van der Waals surface area contributed by atoms with Crippen LogP contribution in [0.1, 0.15) is 37.4 Å². The first kappa shape index (κ1) is 11.9. The molecule has 18 heavy (non-hydrogen) atoms. The molecule has 1 aromatic heterocycles. The van der Waals surface area contributed by atoms with E-state index in [1.165, 1.54) is 31.7 Å². The average Bonchev–Trinajstić information content (AvgIpc) is 3.01. The van der Waals surface area contributed by atoms with E-state index in [0.29, 0.717) is 10.4 Å². The van der Waals surface area contributed by atoms with Crippen LogP contribution in [0.2, 0.25) is 0 Å². The number of hydrogen-bond acceptors (Lipinski definition) is 1. The number of nitrogens with one attached hydrogen (secondary N) is 1. The molecular formula is C14H14BrFN2. The molecule has 0 aliphatic heterocycles. The highest BCUT2D eigenvalue weighted by Gasteiger charge is 2.20. The first-order chi connectivity index (χ1) is 8.74. The number of nitrogens with zero attached hydrogens (tertiary/aromatic N) is 1. The number of aromatic nitrogens is 2. The van der Waals surface area contributed by atoms with Crippen molar-refractivity contribution in [2.24, 2.45) is 0 Å². The molecule has 1 aliphatic carbocycles. The fraction of sp³-hybridized carbons (Fsp3) is 0.357. The molecule has 1 aromatic carbocycles. The van der Waals surface area contributed by atoms with Crippen molar-refractivity contribution in [1.29, 1.82) is 0 Å². The predicted octanol–water partition coefficient (Wildman–Crippen LogP) is 4.64. The van der Waals surface area contributed by atoms with E-state index < -0.39 is 0 Å². The number of aromatic amines is 1. The molecule has 0 bridgehead atoms. The lowest BCUT2D eigenvalue weighted by atomic mass is 10.1. The van der Waals surface area contributed by atoms with Gasteiger partial charge in [-0.25, -0.2) is 9.37 Å². The van der Waals surface area contributed by atoms with Gasteiger partial charge in [0.2, 0.25) is 0 Å². The Kier molecular flexibility index (Phi) is 3.20. The fourth-order valence-electron chi connectivity index (χ4n) is 2.55. The summed E-state index contributed by atoms with van der Waals surface area (Å²) in [4.78, 5) is 7.76. The van der Waals surface area contributed by atoms with E-state index in [1.807, 2.05) is 6.07 Å². The minimum absolute atomic E-state index is 0.246. The molecule has 0 saturated heterocycles. The Morgan fingerprint density at radius 1 is 1.28 bits per heavy atom. The minimum atomic E-state index is -0.246. The normalized spacial score (nSPS) is 16.3. The van der Waals surface area contributed by atoms with Crippen molar-refractivity contribution in [3.05, 3.63) is 40.5 Å². The van der Waals surface area contributed by atoms with E-state index in [-0.39, 0.29) is 5.82 Å². The first-order valence-electron chi connectivity index (χ1n) is 6.24. The second kappa shape index (κ2) is 4.84. The Labute approximate surface area is 114 Å². The van der Waals surface area contributed by atoms with Crippen LogP contribution in [0.4, 0.5) is 4.39 Å². The number of H-pyrrole nitrogens is 1. The summed E-state index contributed by atoms with van der Waals surface area (Å²) in [6.45, 7) is 0. The van der Waals surface area contributed by atoms with Crippen LogP contribution in [0.25, 0.3) is 11.3 Å². The topological polar surface area (TPSA) is 28.7 Å². The van der Waals surface area contributed by atoms with Gasteiger partial charge in [0.25, 0.3) is 0 Å². The fourth-order valence-corrected chi connectivity index (χ4v) is 2.80. The molecule has 2 aromatic rings. The van der Waals surface area contributed by atoms with E-state index in [1.54, 1.807) is 12.3 Å². The van der Waals surface area contributed by atoms with Crippen LogP contribution >= 0.6 is 15.9 Å². The number of rotatable bonds is 2. The van der Waals surface area contributed by atoms with E-state index in [0.717, 1.165) is 17.1 Å². The lowest BCUT2D eigenvalue weighted by Crippen LogP contribution is -1.94. The van der Waals surface area contributed by atoms with Gasteiger partial charge in [-0.2, -0.15) is 0 Å². The van der Waals surface area contributed by atoms with Crippen molar-refractivity contribution in [3.8, 4) is 11.3 Å². The lowest BCUT2D eigenvalue weighted by Gasteiger charge is -2.04. The molecule has 0 radical (unpaired) electrons. The van der Waals surface area contributed by atoms with E-state index in [2.05, 4.69) is 25.9 Å². The van der Waals surface area contributed by atoms with Crippen LogP contribution in [-0.2, 0) is 0 Å². The highest BCUT2D eigenvalue weighted by Crippen LogP contribution is 2.33. The Hall–Kier alpha value is -1.16. The summed E-state index contributed by atoms with van der Waals surface area (Å²) in [6, 6.07) is 5.13. The summed E-state index contributed by atoms with van der Waals surface area (Å²) in [6.07, 6.45) is 6.79. The van der Waals surface area contributed by atoms with E-state index in [4.69, 9.17) is 0 Å². The summed E-state index contributed by atoms with van der Waals surface area (Å²) < 4.78 is 14.0. The average molecular weight is 309 g/mol. The Balaban J connectivity index is 1.89. The SMILES string of the molecule is Fc1cc(-c2cnc(C3CCCC3)[nH]2)ccc1Br. The zero-order chi connectivity index (χ0) is 12.5. The number of halogens is 2. The zero-order valence-corrected chi connectivity index (χ0v) is 11.5. The van der Waals surface area contributed by atoms with Gasteiger partial charge in [0.15, 0.2) is 0 Å². The van der Waals surface area contributed by atoms with Crippen LogP contribution in [0.15, 0.2) is 28.9 Å². The van der Waals surface area contributed by atoms with Gasteiger partial charge in [-0.3, -0.25) is 0 Å². The largest absolute Gasteiger partial charge is 0.342 e. The van der Waals surface area contributed by atoms with Crippen LogP contribution in [0.5, 0.6) is 0 Å². The molecule has 1 N–H and O–H groups in total. The number of imidazole rings is 1. The van der Waals surface area contributed by atoms with Gasteiger partial charge in [-0.05, 0) is 40.9 Å². The van der Waals surface area contributed by atoms with E-state index in [9.17, 15) is 4.39 Å². The molecule has 1 saturated carbocycles. The lowest BCUT2D eigenvalue weighted by molar-refractivity contribution is 0.621. The maximum atomic E-state index is 13.5. The number of benzene rings is 1. The maximum Gasteiger partial charge on any atom is 0.138 e. The molecule has 0 spiro atoms. The molecule has 0 atom stereocenters. The zero-order valence-electron chi connectivity index (χ0n) is 9.92. The summed E-state index contributed by atoms with van der Waals surface area (Å²) in [5.41, 5.74) is 1.73. The molecule has 94 valence electrons. The third kappa shape index (κ3) is 2.21. The Morgan fingerprint density at radius 2 is 2.06 bits per heavy atom. The molecular weight excluding hydrogens is 295 g/mol. The predicted molar refractivity (Wildman–Crippen MR) is 72.9 cm³/mol. The molecule has 1 aliphatic rings. The van der Waals surface area contributed by atoms with Crippen LogP contribution in [0, 0.1) is 5.82 Å². The summed E-state index contributed by atoms with van der Waals surface area (Å²) >= 11 is 3.16. The van der Waals surface area contributed by atoms with E-state index >= 15 is 0 Å². The van der Waals surface area contributed by atoms with Gasteiger partial charge in [0.05, 0.1) is 16.4 Å². The van der Waals surface area contributed by atoms with Crippen LogP contribution < -0.4 is 0 Å². The molecule has 1 fully saturated rings. The maximum absolute atomic E-state index is 13.5. The van der Waals surface area contributed by atoms with Crippen molar-refractivity contribution in [1.82, 2.24) is 9.97 Å². The first-order valence-corrected chi connectivity index (χ1v) is 7.03. The van der Waals surface area contributed by atoms with Crippen molar-refractivity contribution < 1.29 is 4.39 Å². The van der Waals surface area contributed by atoms with Gasteiger partial charge >= 0.3 is 0 Å². The van der Waals surface area contributed by atoms with Crippen molar-refractivity contribution in [2.45, 2.75) is 31.6 Å². The standard InChI is InChI=1S/C14H14BrFN2/c15-11-6-5-10(7-12(11)16)13-8-17-14(18-13)9-3-1-2-4-9/h5-9H,1-4H2,(H,17,18). The molecule has 2 nitrogen and oxygen atoms in total. The monoisotopic (exact) mass is 308 g/mol. The van der Waals surface area contributed by atoms with Gasteiger partial charge < -0.3 is 4.98 Å². The van der Waals surface area contributed by atoms with Crippen molar-refractivity contribution >= 4 is 15.9 Å². The second-order valence-corrected chi connectivity index (χ2v) is 5.65. The van der Waals surface area contributed by atoms with Crippen molar-refractivity contribution in [3.63, 3.8) is 0 Å². The quantitative estimate of drug-likeness (QED) is 0.860. The summed E-state index contributed by atoms with van der Waals surface area (Å²) in [7, 11) is 0. The van der Waals surface area contributed by atoms with Crippen LogP contribution in [0.3, 0.4) is 0 Å². The third-order valence-corrected chi connectivity index (χ3v) is 4.21. The van der Waals surface area contributed by atoms with Crippen LogP contribution in [-0.4, -0.2) is 9.97 Å². The minimum Gasteiger partial charge on any atom is -0.342 e. The van der Waals surface area contributed by atoms with Gasteiger partial charge in [0, 0.05) is 11.5 Å². The van der Waals surface area contributed by atoms with Gasteiger partial charge in [-0.1, -0.05) is 18.9 Å². The molecule has 1 heterocycles. The summed E-state index contributed by atoms with van der Waals surface area (Å²) in [5, 5.41) is 0. The third-order valence-electron chi connectivity index (χ3n) is 3.57. The Bertz CT molecular complexity index is 559.